The number of rotatable bonds is 3. The Morgan fingerprint density at radius 2 is 2.15 bits per heavy atom. The topological polar surface area (TPSA) is 26.3 Å². The highest BCUT2D eigenvalue weighted by atomic mass is 16.5. The lowest BCUT2D eigenvalue weighted by molar-refractivity contribution is -0.118. The van der Waals surface area contributed by atoms with E-state index in [4.69, 9.17) is 4.74 Å². The van der Waals surface area contributed by atoms with Gasteiger partial charge in [0.25, 0.3) is 0 Å². The van der Waals surface area contributed by atoms with Gasteiger partial charge < -0.3 is 4.74 Å². The van der Waals surface area contributed by atoms with Gasteiger partial charge in [-0.2, -0.15) is 0 Å². The zero-order chi connectivity index (χ0) is 10.0. The van der Waals surface area contributed by atoms with Crippen molar-refractivity contribution in [1.82, 2.24) is 0 Å². The Kier molecular flexibility index (Phi) is 2.91. The number of allylic oxidation sites excluding steroid dienone is 2. The Labute approximate surface area is 79.3 Å². The van der Waals surface area contributed by atoms with Crippen molar-refractivity contribution in [3.8, 4) is 0 Å². The van der Waals surface area contributed by atoms with Gasteiger partial charge in [-0.3, -0.25) is 4.79 Å². The molecule has 72 valence electrons. The van der Waals surface area contributed by atoms with Crippen LogP contribution in [0.5, 0.6) is 0 Å². The van der Waals surface area contributed by atoms with Crippen molar-refractivity contribution < 1.29 is 9.53 Å². The average molecular weight is 180 g/mol. The average Bonchev–Trinajstić information content (AvgIpc) is 2.35. The molecule has 0 heterocycles. The predicted octanol–water partition coefficient (Wildman–Crippen LogP) is 2.60. The standard InChI is InChI=1S/C11H16O2/c1-7(2)9(4)13-11-8(3)5-6-10(11)12/h9H,1,5-6H2,2-4H3/t9-/m1/s1. The van der Waals surface area contributed by atoms with Crippen molar-refractivity contribution in [1.29, 1.82) is 0 Å². The Bertz CT molecular complexity index is 274. The first-order chi connectivity index (χ1) is 6.02. The van der Waals surface area contributed by atoms with Gasteiger partial charge in [0.15, 0.2) is 11.5 Å². The molecule has 0 fully saturated rings. The molecule has 0 bridgehead atoms. The number of carbonyl (C=O) groups excluding carboxylic acids is 1. The van der Waals surface area contributed by atoms with Crippen LogP contribution in [0.2, 0.25) is 0 Å². The van der Waals surface area contributed by atoms with Gasteiger partial charge in [0, 0.05) is 6.42 Å². The first-order valence-corrected chi connectivity index (χ1v) is 4.57. The predicted molar refractivity (Wildman–Crippen MR) is 52.3 cm³/mol. The Balaban J connectivity index is 2.68. The van der Waals surface area contributed by atoms with Crippen LogP contribution in [0.3, 0.4) is 0 Å². The van der Waals surface area contributed by atoms with Crippen molar-refractivity contribution in [3.63, 3.8) is 0 Å². The highest BCUT2D eigenvalue weighted by molar-refractivity contribution is 5.96. The van der Waals surface area contributed by atoms with Crippen molar-refractivity contribution >= 4 is 5.78 Å². The molecule has 1 rings (SSSR count). The molecule has 0 aromatic heterocycles. The smallest absolute Gasteiger partial charge is 0.197 e. The van der Waals surface area contributed by atoms with Crippen LogP contribution in [0.15, 0.2) is 23.5 Å². The summed E-state index contributed by atoms with van der Waals surface area (Å²) in [5.41, 5.74) is 2.01. The maximum atomic E-state index is 11.3. The molecule has 0 aliphatic heterocycles. The van der Waals surface area contributed by atoms with Crippen molar-refractivity contribution in [2.24, 2.45) is 0 Å². The first kappa shape index (κ1) is 10.0. The zero-order valence-electron chi connectivity index (χ0n) is 8.52. The summed E-state index contributed by atoms with van der Waals surface area (Å²) in [5.74, 6) is 0.695. The van der Waals surface area contributed by atoms with Crippen LogP contribution in [-0.4, -0.2) is 11.9 Å². The molecule has 2 heteroatoms. The largest absolute Gasteiger partial charge is 0.483 e. The molecule has 0 unspecified atom stereocenters. The molecule has 1 atom stereocenters. The Morgan fingerprint density at radius 1 is 1.54 bits per heavy atom. The Hall–Kier alpha value is -1.05. The van der Waals surface area contributed by atoms with Gasteiger partial charge >= 0.3 is 0 Å². The fourth-order valence-corrected chi connectivity index (χ4v) is 1.21. The molecule has 0 N–H and O–H groups in total. The monoisotopic (exact) mass is 180 g/mol. The van der Waals surface area contributed by atoms with Gasteiger partial charge in [-0.15, -0.1) is 0 Å². The molecule has 1 aliphatic rings. The van der Waals surface area contributed by atoms with Crippen LogP contribution >= 0.6 is 0 Å². The highest BCUT2D eigenvalue weighted by Gasteiger charge is 2.23. The number of hydrogen-bond donors (Lipinski definition) is 0. The molecule has 0 saturated carbocycles. The lowest BCUT2D eigenvalue weighted by atomic mass is 10.2. The van der Waals surface area contributed by atoms with E-state index in [0.717, 1.165) is 17.6 Å². The molecular formula is C11H16O2. The quantitative estimate of drug-likeness (QED) is 0.624. The SMILES string of the molecule is C=C(C)[C@@H](C)OC1=C(C)CCC1=O. The maximum absolute atomic E-state index is 11.3. The normalized spacial score (nSPS) is 19.2. The summed E-state index contributed by atoms with van der Waals surface area (Å²) >= 11 is 0. The second kappa shape index (κ2) is 3.77. The van der Waals surface area contributed by atoms with E-state index >= 15 is 0 Å². The molecule has 2 nitrogen and oxygen atoms in total. The third kappa shape index (κ3) is 2.20. The van der Waals surface area contributed by atoms with E-state index < -0.39 is 0 Å². The van der Waals surface area contributed by atoms with Gasteiger partial charge in [0.1, 0.15) is 6.10 Å². The van der Waals surface area contributed by atoms with Crippen LogP contribution in [-0.2, 0) is 9.53 Å². The maximum Gasteiger partial charge on any atom is 0.197 e. The van der Waals surface area contributed by atoms with Gasteiger partial charge in [0.05, 0.1) is 0 Å². The zero-order valence-corrected chi connectivity index (χ0v) is 8.52. The van der Waals surface area contributed by atoms with Crippen LogP contribution in [0.1, 0.15) is 33.6 Å². The van der Waals surface area contributed by atoms with Gasteiger partial charge in [-0.05, 0) is 38.3 Å². The molecule has 0 radical (unpaired) electrons. The summed E-state index contributed by atoms with van der Waals surface area (Å²) in [6.07, 6.45) is 1.38. The van der Waals surface area contributed by atoms with E-state index in [-0.39, 0.29) is 11.9 Å². The van der Waals surface area contributed by atoms with Crippen molar-refractivity contribution in [3.05, 3.63) is 23.5 Å². The van der Waals surface area contributed by atoms with E-state index in [1.165, 1.54) is 0 Å². The molecule has 1 aliphatic carbocycles. The number of ether oxygens (including phenoxy) is 1. The molecular weight excluding hydrogens is 164 g/mol. The fraction of sp³-hybridized carbons (Fsp3) is 0.545. The molecule has 0 amide bonds. The Morgan fingerprint density at radius 3 is 2.54 bits per heavy atom. The molecule has 13 heavy (non-hydrogen) atoms. The number of carbonyl (C=O) groups is 1. The second-order valence-electron chi connectivity index (χ2n) is 3.64. The number of Topliss-reactive ketones (excluding diaryl/α,β-unsaturated/α-hetero) is 1. The summed E-state index contributed by atoms with van der Waals surface area (Å²) in [5, 5.41) is 0. The molecule has 0 saturated heterocycles. The molecule has 0 spiro atoms. The van der Waals surface area contributed by atoms with Crippen molar-refractivity contribution in [2.45, 2.75) is 39.7 Å². The summed E-state index contributed by atoms with van der Waals surface area (Å²) in [6, 6.07) is 0. The lowest BCUT2D eigenvalue weighted by Crippen LogP contribution is -2.12. The van der Waals surface area contributed by atoms with E-state index in [2.05, 4.69) is 6.58 Å². The third-order valence-electron chi connectivity index (χ3n) is 2.36. The van der Waals surface area contributed by atoms with E-state index in [0.29, 0.717) is 12.2 Å². The summed E-state index contributed by atoms with van der Waals surface area (Å²) in [6.45, 7) is 9.55. The molecule has 0 aromatic rings. The van der Waals surface area contributed by atoms with Crippen LogP contribution in [0.25, 0.3) is 0 Å². The first-order valence-electron chi connectivity index (χ1n) is 4.57. The summed E-state index contributed by atoms with van der Waals surface area (Å²) < 4.78 is 5.53. The van der Waals surface area contributed by atoms with E-state index in [1.54, 1.807) is 0 Å². The van der Waals surface area contributed by atoms with Crippen LogP contribution in [0, 0.1) is 0 Å². The summed E-state index contributed by atoms with van der Waals surface area (Å²) in [7, 11) is 0. The number of ketones is 1. The minimum absolute atomic E-state index is 0.0630. The second-order valence-corrected chi connectivity index (χ2v) is 3.64. The minimum Gasteiger partial charge on any atom is -0.483 e. The fourth-order valence-electron chi connectivity index (χ4n) is 1.21. The lowest BCUT2D eigenvalue weighted by Gasteiger charge is -2.15. The highest BCUT2D eigenvalue weighted by Crippen LogP contribution is 2.25. The van der Waals surface area contributed by atoms with E-state index in [9.17, 15) is 4.79 Å². The molecule has 0 aromatic carbocycles. The van der Waals surface area contributed by atoms with E-state index in [1.807, 2.05) is 20.8 Å². The number of hydrogen-bond acceptors (Lipinski definition) is 2. The van der Waals surface area contributed by atoms with Gasteiger partial charge in [-0.25, -0.2) is 0 Å². The van der Waals surface area contributed by atoms with Crippen molar-refractivity contribution in [2.75, 3.05) is 0 Å². The minimum atomic E-state index is -0.0630. The third-order valence-corrected chi connectivity index (χ3v) is 2.36. The van der Waals surface area contributed by atoms with Gasteiger partial charge in [-0.1, -0.05) is 6.58 Å². The van der Waals surface area contributed by atoms with Crippen LogP contribution < -0.4 is 0 Å². The van der Waals surface area contributed by atoms with Gasteiger partial charge in [0.2, 0.25) is 0 Å². The summed E-state index contributed by atoms with van der Waals surface area (Å²) in [4.78, 5) is 11.3. The van der Waals surface area contributed by atoms with Crippen LogP contribution in [0.4, 0.5) is 0 Å².